The Balaban J connectivity index is 2.07. The SMILES string of the molecule is OC1Nc2ccccc2/C1=C/c1ccncc1. The van der Waals surface area contributed by atoms with Gasteiger partial charge in [0.2, 0.25) is 0 Å². The van der Waals surface area contributed by atoms with Crippen molar-refractivity contribution in [2.24, 2.45) is 0 Å². The molecule has 2 aromatic rings. The maximum Gasteiger partial charge on any atom is 0.151 e. The summed E-state index contributed by atoms with van der Waals surface area (Å²) in [4.78, 5) is 3.98. The van der Waals surface area contributed by atoms with Crippen LogP contribution >= 0.6 is 0 Å². The fourth-order valence-electron chi connectivity index (χ4n) is 2.03. The number of para-hydroxylation sites is 1. The summed E-state index contributed by atoms with van der Waals surface area (Å²) in [5.74, 6) is 0. The molecule has 0 aliphatic carbocycles. The predicted molar refractivity (Wildman–Crippen MR) is 68.2 cm³/mol. The lowest BCUT2D eigenvalue weighted by molar-refractivity contribution is 0.266. The first-order chi connectivity index (χ1) is 8.34. The number of aliphatic hydroxyl groups is 1. The third-order valence-electron chi connectivity index (χ3n) is 2.85. The van der Waals surface area contributed by atoms with Crippen molar-refractivity contribution in [3.05, 3.63) is 59.9 Å². The van der Waals surface area contributed by atoms with Crippen molar-refractivity contribution in [3.63, 3.8) is 0 Å². The number of hydrogen-bond donors (Lipinski definition) is 2. The number of rotatable bonds is 1. The number of nitrogens with zero attached hydrogens (tertiary/aromatic N) is 1. The minimum absolute atomic E-state index is 0.638. The average molecular weight is 224 g/mol. The van der Waals surface area contributed by atoms with Gasteiger partial charge in [-0.25, -0.2) is 0 Å². The van der Waals surface area contributed by atoms with E-state index in [1.54, 1.807) is 12.4 Å². The van der Waals surface area contributed by atoms with E-state index in [-0.39, 0.29) is 0 Å². The van der Waals surface area contributed by atoms with Gasteiger partial charge in [-0.3, -0.25) is 4.98 Å². The maximum atomic E-state index is 9.98. The number of anilines is 1. The first kappa shape index (κ1) is 10.1. The van der Waals surface area contributed by atoms with Crippen molar-refractivity contribution in [1.29, 1.82) is 0 Å². The van der Waals surface area contributed by atoms with Crippen molar-refractivity contribution in [2.45, 2.75) is 6.23 Å². The van der Waals surface area contributed by atoms with E-state index < -0.39 is 6.23 Å². The van der Waals surface area contributed by atoms with Crippen LogP contribution in [0.4, 0.5) is 5.69 Å². The molecule has 0 fully saturated rings. The molecule has 84 valence electrons. The molecule has 0 radical (unpaired) electrons. The van der Waals surface area contributed by atoms with Crippen molar-refractivity contribution >= 4 is 17.3 Å². The number of aliphatic hydroxyl groups excluding tert-OH is 1. The maximum absolute atomic E-state index is 9.98. The average Bonchev–Trinajstić information content (AvgIpc) is 2.68. The van der Waals surface area contributed by atoms with Gasteiger partial charge in [0.15, 0.2) is 6.23 Å². The van der Waals surface area contributed by atoms with Gasteiger partial charge in [0.25, 0.3) is 0 Å². The molecule has 2 heterocycles. The zero-order valence-electron chi connectivity index (χ0n) is 9.17. The van der Waals surface area contributed by atoms with Crippen LogP contribution in [0.2, 0.25) is 0 Å². The zero-order valence-corrected chi connectivity index (χ0v) is 9.17. The largest absolute Gasteiger partial charge is 0.369 e. The number of hydrogen-bond acceptors (Lipinski definition) is 3. The highest BCUT2D eigenvalue weighted by molar-refractivity contribution is 5.93. The van der Waals surface area contributed by atoms with Crippen molar-refractivity contribution in [1.82, 2.24) is 4.98 Å². The minimum Gasteiger partial charge on any atom is -0.369 e. The molecule has 1 aliphatic rings. The third kappa shape index (κ3) is 1.81. The Hall–Kier alpha value is -2.13. The monoisotopic (exact) mass is 224 g/mol. The summed E-state index contributed by atoms with van der Waals surface area (Å²) in [6, 6.07) is 11.7. The molecular weight excluding hydrogens is 212 g/mol. The Morgan fingerprint density at radius 3 is 2.71 bits per heavy atom. The normalized spacial score (nSPS) is 20.1. The van der Waals surface area contributed by atoms with Gasteiger partial charge < -0.3 is 10.4 Å². The van der Waals surface area contributed by atoms with Gasteiger partial charge in [0, 0.05) is 29.2 Å². The summed E-state index contributed by atoms with van der Waals surface area (Å²) in [6.07, 6.45) is 4.83. The Morgan fingerprint density at radius 1 is 1.12 bits per heavy atom. The summed E-state index contributed by atoms with van der Waals surface area (Å²) in [5.41, 5.74) is 3.96. The number of aromatic nitrogens is 1. The van der Waals surface area contributed by atoms with Crippen LogP contribution in [0.5, 0.6) is 0 Å². The molecule has 3 heteroatoms. The Kier molecular flexibility index (Phi) is 2.38. The third-order valence-corrected chi connectivity index (χ3v) is 2.85. The fourth-order valence-corrected chi connectivity index (χ4v) is 2.03. The lowest BCUT2D eigenvalue weighted by Crippen LogP contribution is -2.12. The van der Waals surface area contributed by atoms with Crippen LogP contribution in [0.3, 0.4) is 0 Å². The molecule has 1 atom stereocenters. The highest BCUT2D eigenvalue weighted by Gasteiger charge is 2.23. The van der Waals surface area contributed by atoms with Gasteiger partial charge in [-0.15, -0.1) is 0 Å². The van der Waals surface area contributed by atoms with Crippen LogP contribution in [0, 0.1) is 0 Å². The molecule has 0 bridgehead atoms. The molecule has 0 spiro atoms. The highest BCUT2D eigenvalue weighted by Crippen LogP contribution is 2.34. The van der Waals surface area contributed by atoms with E-state index in [4.69, 9.17) is 0 Å². The van der Waals surface area contributed by atoms with Gasteiger partial charge in [-0.1, -0.05) is 18.2 Å². The molecule has 0 amide bonds. The van der Waals surface area contributed by atoms with Gasteiger partial charge in [-0.05, 0) is 29.8 Å². The number of nitrogens with one attached hydrogen (secondary N) is 1. The van der Waals surface area contributed by atoms with Gasteiger partial charge in [-0.2, -0.15) is 0 Å². The fraction of sp³-hybridized carbons (Fsp3) is 0.0714. The second-order valence-corrected chi connectivity index (χ2v) is 3.97. The molecule has 3 nitrogen and oxygen atoms in total. The Bertz CT molecular complexity index is 563. The van der Waals surface area contributed by atoms with Crippen molar-refractivity contribution in [3.8, 4) is 0 Å². The van der Waals surface area contributed by atoms with Crippen LogP contribution in [-0.2, 0) is 0 Å². The number of pyridine rings is 1. The van der Waals surface area contributed by atoms with Gasteiger partial charge >= 0.3 is 0 Å². The summed E-state index contributed by atoms with van der Waals surface area (Å²) in [6.45, 7) is 0. The molecule has 1 aliphatic heterocycles. The van der Waals surface area contributed by atoms with E-state index in [1.807, 2.05) is 42.5 Å². The summed E-state index contributed by atoms with van der Waals surface area (Å²) in [5, 5.41) is 13.0. The molecule has 1 aromatic carbocycles. The quantitative estimate of drug-likeness (QED) is 0.781. The number of fused-ring (bicyclic) bond motifs is 1. The zero-order chi connectivity index (χ0) is 11.7. The smallest absolute Gasteiger partial charge is 0.151 e. The second-order valence-electron chi connectivity index (χ2n) is 3.97. The summed E-state index contributed by atoms with van der Waals surface area (Å²) >= 11 is 0. The Morgan fingerprint density at radius 2 is 1.88 bits per heavy atom. The van der Waals surface area contributed by atoms with Crippen LogP contribution < -0.4 is 5.32 Å². The van der Waals surface area contributed by atoms with E-state index in [2.05, 4.69) is 10.3 Å². The van der Waals surface area contributed by atoms with Crippen LogP contribution in [0.1, 0.15) is 11.1 Å². The standard InChI is InChI=1S/C14H12N2O/c17-14-12(9-10-5-7-15-8-6-10)11-3-1-2-4-13(11)16-14/h1-9,14,16-17H/b12-9-. The summed E-state index contributed by atoms with van der Waals surface area (Å²) < 4.78 is 0. The molecule has 1 aromatic heterocycles. The van der Waals surface area contributed by atoms with E-state index in [1.165, 1.54) is 0 Å². The van der Waals surface area contributed by atoms with E-state index in [9.17, 15) is 5.11 Å². The molecule has 1 unspecified atom stereocenters. The topological polar surface area (TPSA) is 45.1 Å². The molecule has 2 N–H and O–H groups in total. The highest BCUT2D eigenvalue weighted by atomic mass is 16.3. The van der Waals surface area contributed by atoms with Crippen LogP contribution in [0.25, 0.3) is 11.6 Å². The predicted octanol–water partition coefficient (Wildman–Crippen LogP) is 2.37. The van der Waals surface area contributed by atoms with Gasteiger partial charge in [0.1, 0.15) is 0 Å². The first-order valence-corrected chi connectivity index (χ1v) is 5.50. The molecule has 0 saturated carbocycles. The summed E-state index contributed by atoms with van der Waals surface area (Å²) in [7, 11) is 0. The Labute approximate surface area is 99.5 Å². The van der Waals surface area contributed by atoms with Crippen LogP contribution in [-0.4, -0.2) is 16.3 Å². The van der Waals surface area contributed by atoms with Crippen molar-refractivity contribution < 1.29 is 5.11 Å². The second kappa shape index (κ2) is 4.03. The lowest BCUT2D eigenvalue weighted by atomic mass is 10.0. The van der Waals surface area contributed by atoms with E-state index in [0.29, 0.717) is 0 Å². The minimum atomic E-state index is -0.638. The molecule has 17 heavy (non-hydrogen) atoms. The molecule has 3 rings (SSSR count). The lowest BCUT2D eigenvalue weighted by Gasteiger charge is -2.05. The number of benzene rings is 1. The van der Waals surface area contributed by atoms with E-state index >= 15 is 0 Å². The van der Waals surface area contributed by atoms with Gasteiger partial charge in [0.05, 0.1) is 0 Å². The first-order valence-electron chi connectivity index (χ1n) is 5.50. The van der Waals surface area contributed by atoms with Crippen molar-refractivity contribution in [2.75, 3.05) is 5.32 Å². The van der Waals surface area contributed by atoms with E-state index in [0.717, 1.165) is 22.4 Å². The molecule has 0 saturated heterocycles. The molecular formula is C14H12N2O. The van der Waals surface area contributed by atoms with Crippen LogP contribution in [0.15, 0.2) is 48.8 Å².